The van der Waals surface area contributed by atoms with Crippen molar-refractivity contribution in [2.75, 3.05) is 17.6 Å². The van der Waals surface area contributed by atoms with Crippen LogP contribution in [-0.2, 0) is 14.8 Å². The maximum Gasteiger partial charge on any atom is 0.242 e. The van der Waals surface area contributed by atoms with Gasteiger partial charge in [-0.2, -0.15) is 4.31 Å². The van der Waals surface area contributed by atoms with Gasteiger partial charge < -0.3 is 5.32 Å². The maximum atomic E-state index is 13.1. The van der Waals surface area contributed by atoms with Crippen molar-refractivity contribution in [3.63, 3.8) is 0 Å². The fourth-order valence-electron chi connectivity index (χ4n) is 2.51. The Bertz CT molecular complexity index is 664. The van der Waals surface area contributed by atoms with E-state index in [4.69, 9.17) is 0 Å². The SMILES string of the molecule is CCCS(=O)(=O)N1CCCC1C(=O)Nc1ccc(F)c(F)c1. The lowest BCUT2D eigenvalue weighted by molar-refractivity contribution is -0.119. The number of hydrogen-bond acceptors (Lipinski definition) is 3. The molecule has 0 aliphatic carbocycles. The minimum absolute atomic E-state index is 0.0119. The van der Waals surface area contributed by atoms with Gasteiger partial charge in [0.15, 0.2) is 11.6 Å². The average molecular weight is 332 g/mol. The van der Waals surface area contributed by atoms with E-state index in [1.807, 2.05) is 0 Å². The van der Waals surface area contributed by atoms with Crippen molar-refractivity contribution >= 4 is 21.6 Å². The number of rotatable bonds is 5. The minimum Gasteiger partial charge on any atom is -0.325 e. The Morgan fingerprint density at radius 3 is 2.73 bits per heavy atom. The topological polar surface area (TPSA) is 66.5 Å². The van der Waals surface area contributed by atoms with E-state index in [9.17, 15) is 22.0 Å². The van der Waals surface area contributed by atoms with E-state index < -0.39 is 33.6 Å². The molecule has 2 rings (SSSR count). The van der Waals surface area contributed by atoms with Gasteiger partial charge in [-0.05, 0) is 31.4 Å². The third-order valence-electron chi connectivity index (χ3n) is 3.51. The first-order valence-corrected chi connectivity index (χ1v) is 8.71. The molecule has 1 fully saturated rings. The molecular weight excluding hydrogens is 314 g/mol. The molecule has 5 nitrogen and oxygen atoms in total. The van der Waals surface area contributed by atoms with Gasteiger partial charge in [0.25, 0.3) is 0 Å². The Kier molecular flexibility index (Phi) is 5.12. The number of nitrogens with zero attached hydrogens (tertiary/aromatic N) is 1. The smallest absolute Gasteiger partial charge is 0.242 e. The molecule has 1 heterocycles. The summed E-state index contributed by atoms with van der Waals surface area (Å²) in [7, 11) is -3.47. The number of halogens is 2. The standard InChI is InChI=1S/C14H18F2N2O3S/c1-2-8-22(20,21)18-7-3-4-13(18)14(19)17-10-5-6-11(15)12(16)9-10/h5-6,9,13H,2-4,7-8H2,1H3,(H,17,19). The minimum atomic E-state index is -3.47. The zero-order valence-corrected chi connectivity index (χ0v) is 13.0. The predicted molar refractivity (Wildman–Crippen MR) is 78.8 cm³/mol. The highest BCUT2D eigenvalue weighted by molar-refractivity contribution is 7.89. The molecule has 1 aliphatic heterocycles. The molecule has 1 saturated heterocycles. The van der Waals surface area contributed by atoms with Gasteiger partial charge >= 0.3 is 0 Å². The molecule has 1 aliphatic rings. The molecular formula is C14H18F2N2O3S. The summed E-state index contributed by atoms with van der Waals surface area (Å²) < 4.78 is 51.5. The van der Waals surface area contributed by atoms with Gasteiger partial charge in [0, 0.05) is 18.3 Å². The summed E-state index contributed by atoms with van der Waals surface area (Å²) in [4.78, 5) is 12.2. The largest absolute Gasteiger partial charge is 0.325 e. The molecule has 22 heavy (non-hydrogen) atoms. The molecule has 0 aromatic heterocycles. The summed E-state index contributed by atoms with van der Waals surface area (Å²) in [6, 6.07) is 2.21. The predicted octanol–water partition coefficient (Wildman–Crippen LogP) is 2.11. The molecule has 1 amide bonds. The van der Waals surface area contributed by atoms with Gasteiger partial charge in [-0.1, -0.05) is 6.92 Å². The maximum absolute atomic E-state index is 13.1. The first kappa shape index (κ1) is 16.8. The van der Waals surface area contributed by atoms with Crippen LogP contribution in [0.25, 0.3) is 0 Å². The molecule has 0 saturated carbocycles. The van der Waals surface area contributed by atoms with Gasteiger partial charge in [0.2, 0.25) is 15.9 Å². The average Bonchev–Trinajstić information content (AvgIpc) is 2.93. The van der Waals surface area contributed by atoms with E-state index >= 15 is 0 Å². The summed E-state index contributed by atoms with van der Waals surface area (Å²) in [5.41, 5.74) is 0.101. The lowest BCUT2D eigenvalue weighted by Gasteiger charge is -2.23. The molecule has 122 valence electrons. The molecule has 1 unspecified atom stereocenters. The number of carbonyl (C=O) groups is 1. The fourth-order valence-corrected chi connectivity index (χ4v) is 4.26. The van der Waals surface area contributed by atoms with Crippen LogP contribution in [0.4, 0.5) is 14.5 Å². The lowest BCUT2D eigenvalue weighted by Crippen LogP contribution is -2.44. The first-order chi connectivity index (χ1) is 10.3. The number of nitrogens with one attached hydrogen (secondary N) is 1. The highest BCUT2D eigenvalue weighted by Gasteiger charge is 2.38. The quantitative estimate of drug-likeness (QED) is 0.898. The third kappa shape index (κ3) is 3.61. The second-order valence-electron chi connectivity index (χ2n) is 5.20. The van der Waals surface area contributed by atoms with Crippen LogP contribution in [0.3, 0.4) is 0 Å². The Balaban J connectivity index is 2.12. The van der Waals surface area contributed by atoms with E-state index in [-0.39, 0.29) is 11.4 Å². The van der Waals surface area contributed by atoms with Gasteiger partial charge in [0.1, 0.15) is 6.04 Å². The van der Waals surface area contributed by atoms with Crippen molar-refractivity contribution in [3.8, 4) is 0 Å². The van der Waals surface area contributed by atoms with Crippen LogP contribution in [0, 0.1) is 11.6 Å². The number of anilines is 1. The fraction of sp³-hybridized carbons (Fsp3) is 0.500. The molecule has 1 N–H and O–H groups in total. The molecule has 0 radical (unpaired) electrons. The van der Waals surface area contributed by atoms with Crippen molar-refractivity contribution in [3.05, 3.63) is 29.8 Å². The van der Waals surface area contributed by atoms with Gasteiger partial charge in [-0.3, -0.25) is 4.79 Å². The van der Waals surface area contributed by atoms with Gasteiger partial charge in [-0.25, -0.2) is 17.2 Å². The Morgan fingerprint density at radius 1 is 1.36 bits per heavy atom. The van der Waals surface area contributed by atoms with Crippen LogP contribution < -0.4 is 5.32 Å². The number of sulfonamides is 1. The van der Waals surface area contributed by atoms with Crippen LogP contribution in [0.1, 0.15) is 26.2 Å². The Morgan fingerprint density at radius 2 is 2.09 bits per heavy atom. The van der Waals surface area contributed by atoms with Gasteiger partial charge in [-0.15, -0.1) is 0 Å². The monoisotopic (exact) mass is 332 g/mol. The van der Waals surface area contributed by atoms with Crippen LogP contribution >= 0.6 is 0 Å². The van der Waals surface area contributed by atoms with Crippen molar-refractivity contribution in [2.24, 2.45) is 0 Å². The highest BCUT2D eigenvalue weighted by Crippen LogP contribution is 2.23. The summed E-state index contributed by atoms with van der Waals surface area (Å²) in [6.45, 7) is 2.06. The normalized spacial score (nSPS) is 19.3. The first-order valence-electron chi connectivity index (χ1n) is 7.10. The van der Waals surface area contributed by atoms with E-state index in [0.29, 0.717) is 25.8 Å². The second kappa shape index (κ2) is 6.70. The number of amides is 1. The van der Waals surface area contributed by atoms with Crippen molar-refractivity contribution in [1.29, 1.82) is 0 Å². The van der Waals surface area contributed by atoms with E-state index in [1.54, 1.807) is 6.92 Å². The third-order valence-corrected chi connectivity index (χ3v) is 5.59. The van der Waals surface area contributed by atoms with Crippen LogP contribution in [0.2, 0.25) is 0 Å². The molecule has 1 atom stereocenters. The molecule has 1 aromatic carbocycles. The van der Waals surface area contributed by atoms with Crippen molar-refractivity contribution < 1.29 is 22.0 Å². The lowest BCUT2D eigenvalue weighted by atomic mass is 10.2. The Hall–Kier alpha value is -1.54. The van der Waals surface area contributed by atoms with Crippen LogP contribution in [-0.4, -0.2) is 37.0 Å². The van der Waals surface area contributed by atoms with Crippen molar-refractivity contribution in [1.82, 2.24) is 4.31 Å². The molecule has 8 heteroatoms. The molecule has 0 spiro atoms. The summed E-state index contributed by atoms with van der Waals surface area (Å²) >= 11 is 0. The zero-order chi connectivity index (χ0) is 16.3. The molecule has 0 bridgehead atoms. The van der Waals surface area contributed by atoms with E-state index in [1.165, 1.54) is 10.4 Å². The summed E-state index contributed by atoms with van der Waals surface area (Å²) in [5, 5.41) is 2.44. The van der Waals surface area contributed by atoms with E-state index in [0.717, 1.165) is 12.1 Å². The summed E-state index contributed by atoms with van der Waals surface area (Å²) in [6.07, 6.45) is 1.48. The highest BCUT2D eigenvalue weighted by atomic mass is 32.2. The van der Waals surface area contributed by atoms with Gasteiger partial charge in [0.05, 0.1) is 5.75 Å². The van der Waals surface area contributed by atoms with Crippen molar-refractivity contribution in [2.45, 2.75) is 32.2 Å². The van der Waals surface area contributed by atoms with Crippen LogP contribution in [0.5, 0.6) is 0 Å². The number of carbonyl (C=O) groups excluding carboxylic acids is 1. The molecule has 1 aromatic rings. The van der Waals surface area contributed by atoms with E-state index in [2.05, 4.69) is 5.32 Å². The second-order valence-corrected chi connectivity index (χ2v) is 7.24. The summed E-state index contributed by atoms with van der Waals surface area (Å²) in [5.74, 6) is -2.61. The zero-order valence-electron chi connectivity index (χ0n) is 12.2. The number of benzene rings is 1. The number of hydrogen-bond donors (Lipinski definition) is 1. The van der Waals surface area contributed by atoms with Crippen LogP contribution in [0.15, 0.2) is 18.2 Å². The Labute approximate surface area is 128 Å².